The van der Waals surface area contributed by atoms with E-state index in [9.17, 15) is 4.79 Å². The molecule has 0 atom stereocenters. The summed E-state index contributed by atoms with van der Waals surface area (Å²) in [6.07, 6.45) is 8.20. The fourth-order valence-electron chi connectivity index (χ4n) is 2.84. The van der Waals surface area contributed by atoms with E-state index in [1.165, 1.54) is 0 Å². The van der Waals surface area contributed by atoms with Crippen LogP contribution in [0.1, 0.15) is 32.1 Å². The van der Waals surface area contributed by atoms with E-state index in [1.54, 1.807) is 6.08 Å². The number of carbonyl (C=O) groups is 1. The van der Waals surface area contributed by atoms with Crippen molar-refractivity contribution in [2.24, 2.45) is 0 Å². The van der Waals surface area contributed by atoms with Crippen molar-refractivity contribution in [2.45, 2.75) is 43.4 Å². The van der Waals surface area contributed by atoms with Crippen LogP contribution in [0.3, 0.4) is 0 Å². The second kappa shape index (κ2) is 3.57. The van der Waals surface area contributed by atoms with Crippen molar-refractivity contribution in [2.75, 3.05) is 13.2 Å². The predicted octanol–water partition coefficient (Wildman–Crippen LogP) is 1.12. The summed E-state index contributed by atoms with van der Waals surface area (Å²) in [5.41, 5.74) is -0.119. The molecule has 2 spiro atoms. The van der Waals surface area contributed by atoms with Crippen molar-refractivity contribution >= 4 is 5.91 Å². The molecule has 1 N–H and O–H groups in total. The number of nitrogens with one attached hydrogen (secondary N) is 1. The van der Waals surface area contributed by atoms with Gasteiger partial charge in [0.15, 0.2) is 5.79 Å². The first-order valence-electron chi connectivity index (χ1n) is 6.01. The Morgan fingerprint density at radius 2 is 1.81 bits per heavy atom. The van der Waals surface area contributed by atoms with Gasteiger partial charge in [0.2, 0.25) is 5.91 Å². The summed E-state index contributed by atoms with van der Waals surface area (Å²) in [5, 5.41) is 3.03. The lowest BCUT2D eigenvalue weighted by atomic mass is 9.79. The molecule has 16 heavy (non-hydrogen) atoms. The molecule has 3 aliphatic rings. The van der Waals surface area contributed by atoms with Crippen molar-refractivity contribution in [3.8, 4) is 0 Å². The molecule has 1 saturated heterocycles. The number of hydrogen-bond acceptors (Lipinski definition) is 3. The van der Waals surface area contributed by atoms with Crippen molar-refractivity contribution in [3.63, 3.8) is 0 Å². The topological polar surface area (TPSA) is 47.6 Å². The van der Waals surface area contributed by atoms with Crippen molar-refractivity contribution < 1.29 is 14.3 Å². The molecule has 0 aromatic carbocycles. The summed E-state index contributed by atoms with van der Waals surface area (Å²) < 4.78 is 11.6. The fraction of sp³-hybridized carbons (Fsp3) is 0.750. The van der Waals surface area contributed by atoms with Gasteiger partial charge in [0.05, 0.1) is 18.8 Å². The SMILES string of the molecule is O=C1C=CC2(CCC3(CC2)OCCCO3)N1. The van der Waals surface area contributed by atoms with Gasteiger partial charge >= 0.3 is 0 Å². The standard InChI is InChI=1S/C12H17NO3/c14-10-2-3-11(13-10)4-6-12(7-5-11)15-8-1-9-16-12/h2-3H,1,4-9H2,(H,13,14). The van der Waals surface area contributed by atoms with Gasteiger partial charge in [0.1, 0.15) is 0 Å². The molecule has 2 aliphatic heterocycles. The number of carbonyl (C=O) groups excluding carboxylic acids is 1. The summed E-state index contributed by atoms with van der Waals surface area (Å²) in [6.45, 7) is 1.60. The molecule has 1 amide bonds. The minimum absolute atomic E-state index is 0.0291. The van der Waals surface area contributed by atoms with Crippen LogP contribution in [0, 0.1) is 0 Å². The summed E-state index contributed by atoms with van der Waals surface area (Å²) in [5.74, 6) is -0.327. The summed E-state index contributed by atoms with van der Waals surface area (Å²) >= 11 is 0. The van der Waals surface area contributed by atoms with E-state index >= 15 is 0 Å². The lowest BCUT2D eigenvalue weighted by Crippen LogP contribution is -2.52. The molecule has 2 heterocycles. The summed E-state index contributed by atoms with van der Waals surface area (Å²) in [7, 11) is 0. The quantitative estimate of drug-likeness (QED) is 0.669. The Hall–Kier alpha value is -0.870. The second-order valence-corrected chi connectivity index (χ2v) is 4.94. The average molecular weight is 223 g/mol. The van der Waals surface area contributed by atoms with Crippen molar-refractivity contribution in [1.29, 1.82) is 0 Å². The molecule has 0 aromatic heterocycles. The van der Waals surface area contributed by atoms with Crippen molar-refractivity contribution in [3.05, 3.63) is 12.2 Å². The molecule has 1 aliphatic carbocycles. The Balaban J connectivity index is 1.67. The highest BCUT2D eigenvalue weighted by Crippen LogP contribution is 2.41. The first kappa shape index (κ1) is 10.3. The summed E-state index contributed by atoms with van der Waals surface area (Å²) in [4.78, 5) is 11.2. The third-order valence-corrected chi connectivity index (χ3v) is 3.85. The Kier molecular flexibility index (Phi) is 2.30. The molecule has 0 radical (unpaired) electrons. The zero-order valence-corrected chi connectivity index (χ0v) is 9.33. The number of rotatable bonds is 0. The predicted molar refractivity (Wildman–Crippen MR) is 57.7 cm³/mol. The smallest absolute Gasteiger partial charge is 0.244 e. The lowest BCUT2D eigenvalue weighted by Gasteiger charge is -2.45. The van der Waals surface area contributed by atoms with Gasteiger partial charge < -0.3 is 14.8 Å². The van der Waals surface area contributed by atoms with Crippen LogP contribution in [0.5, 0.6) is 0 Å². The monoisotopic (exact) mass is 223 g/mol. The fourth-order valence-corrected chi connectivity index (χ4v) is 2.84. The molecule has 0 bridgehead atoms. The van der Waals surface area contributed by atoms with Crippen LogP contribution in [0.25, 0.3) is 0 Å². The minimum Gasteiger partial charge on any atom is -0.350 e. The molecular weight excluding hydrogens is 206 g/mol. The van der Waals surface area contributed by atoms with Crippen LogP contribution in [-0.2, 0) is 14.3 Å². The molecule has 88 valence electrons. The van der Waals surface area contributed by atoms with Gasteiger partial charge in [-0.2, -0.15) is 0 Å². The van der Waals surface area contributed by atoms with Gasteiger partial charge in [0, 0.05) is 18.9 Å². The largest absolute Gasteiger partial charge is 0.350 e. The third-order valence-electron chi connectivity index (χ3n) is 3.85. The van der Waals surface area contributed by atoms with E-state index in [1.807, 2.05) is 6.08 Å². The van der Waals surface area contributed by atoms with Gasteiger partial charge in [-0.1, -0.05) is 6.08 Å². The highest BCUT2D eigenvalue weighted by Gasteiger charge is 2.46. The molecule has 0 aromatic rings. The number of hydrogen-bond donors (Lipinski definition) is 1. The Bertz CT molecular complexity index is 321. The van der Waals surface area contributed by atoms with E-state index in [0.717, 1.165) is 45.3 Å². The third kappa shape index (κ3) is 1.66. The van der Waals surface area contributed by atoms with Crippen LogP contribution in [-0.4, -0.2) is 30.4 Å². The summed E-state index contributed by atoms with van der Waals surface area (Å²) in [6, 6.07) is 0. The van der Waals surface area contributed by atoms with E-state index in [0.29, 0.717) is 0 Å². The van der Waals surface area contributed by atoms with E-state index in [2.05, 4.69) is 5.32 Å². The second-order valence-electron chi connectivity index (χ2n) is 4.94. The molecular formula is C12H17NO3. The van der Waals surface area contributed by atoms with E-state index in [-0.39, 0.29) is 17.2 Å². The minimum atomic E-state index is -0.356. The van der Waals surface area contributed by atoms with Gasteiger partial charge in [0.25, 0.3) is 0 Å². The maximum atomic E-state index is 11.2. The molecule has 2 fully saturated rings. The van der Waals surface area contributed by atoms with Gasteiger partial charge in [-0.15, -0.1) is 0 Å². The van der Waals surface area contributed by atoms with Crippen molar-refractivity contribution in [1.82, 2.24) is 5.32 Å². The lowest BCUT2D eigenvalue weighted by molar-refractivity contribution is -0.283. The zero-order valence-electron chi connectivity index (χ0n) is 9.33. The molecule has 0 unspecified atom stereocenters. The highest BCUT2D eigenvalue weighted by atomic mass is 16.7. The zero-order chi connectivity index (χ0) is 11.1. The Morgan fingerprint density at radius 1 is 1.12 bits per heavy atom. The average Bonchev–Trinajstić information content (AvgIpc) is 2.67. The molecule has 1 saturated carbocycles. The molecule has 4 heteroatoms. The normalized spacial score (nSPS) is 30.9. The van der Waals surface area contributed by atoms with Gasteiger partial charge in [-0.25, -0.2) is 0 Å². The van der Waals surface area contributed by atoms with Crippen LogP contribution >= 0.6 is 0 Å². The van der Waals surface area contributed by atoms with Gasteiger partial charge in [-0.3, -0.25) is 4.79 Å². The maximum Gasteiger partial charge on any atom is 0.244 e. The number of amides is 1. The Labute approximate surface area is 95.0 Å². The maximum absolute atomic E-state index is 11.2. The van der Waals surface area contributed by atoms with Crippen LogP contribution in [0.15, 0.2) is 12.2 Å². The molecule has 3 rings (SSSR count). The van der Waals surface area contributed by atoms with Crippen LogP contribution in [0.2, 0.25) is 0 Å². The van der Waals surface area contributed by atoms with Gasteiger partial charge in [-0.05, 0) is 19.3 Å². The van der Waals surface area contributed by atoms with E-state index < -0.39 is 0 Å². The molecule has 4 nitrogen and oxygen atoms in total. The first-order chi connectivity index (χ1) is 7.72. The Morgan fingerprint density at radius 3 is 2.38 bits per heavy atom. The highest BCUT2D eigenvalue weighted by molar-refractivity contribution is 5.91. The number of ether oxygens (including phenoxy) is 2. The van der Waals surface area contributed by atoms with E-state index in [4.69, 9.17) is 9.47 Å². The van der Waals surface area contributed by atoms with Crippen LogP contribution < -0.4 is 5.32 Å². The van der Waals surface area contributed by atoms with Crippen LogP contribution in [0.4, 0.5) is 0 Å². The first-order valence-corrected chi connectivity index (χ1v) is 6.01.